The third-order valence-corrected chi connectivity index (χ3v) is 3.58. The summed E-state index contributed by atoms with van der Waals surface area (Å²) in [4.78, 5) is 11.9. The molecule has 1 amide bonds. The van der Waals surface area contributed by atoms with Gasteiger partial charge in [-0.05, 0) is 35.9 Å². The molecule has 0 fully saturated rings. The summed E-state index contributed by atoms with van der Waals surface area (Å²) >= 11 is 3.34. The van der Waals surface area contributed by atoms with Gasteiger partial charge in [-0.15, -0.1) is 0 Å². The van der Waals surface area contributed by atoms with E-state index in [1.807, 2.05) is 18.2 Å². The van der Waals surface area contributed by atoms with E-state index in [0.717, 1.165) is 22.2 Å². The zero-order chi connectivity index (χ0) is 15.5. The zero-order valence-corrected chi connectivity index (χ0v) is 12.3. The molecule has 0 aliphatic rings. The largest absolute Gasteiger partial charge is 0.416 e. The smallest absolute Gasteiger partial charge is 0.326 e. The summed E-state index contributed by atoms with van der Waals surface area (Å²) in [7, 11) is 0. The van der Waals surface area contributed by atoms with Crippen molar-refractivity contribution in [2.45, 2.75) is 12.6 Å². The second-order valence-corrected chi connectivity index (χ2v) is 5.25. The normalized spacial score (nSPS) is 11.2. The van der Waals surface area contributed by atoms with Gasteiger partial charge in [0.2, 0.25) is 5.91 Å². The van der Waals surface area contributed by atoms with Gasteiger partial charge in [0.15, 0.2) is 0 Å². The molecule has 0 aliphatic carbocycles. The van der Waals surface area contributed by atoms with Crippen LogP contribution in [0.5, 0.6) is 0 Å². The first-order valence-corrected chi connectivity index (χ1v) is 6.86. The lowest BCUT2D eigenvalue weighted by atomic mass is 10.1. The Bertz CT molecular complexity index is 638. The number of carbonyl (C=O) groups excluding carboxylic acids is 1. The Hall–Kier alpha value is -1.82. The van der Waals surface area contributed by atoms with Gasteiger partial charge in [-0.1, -0.05) is 34.1 Å². The minimum absolute atomic E-state index is 0.141. The van der Waals surface area contributed by atoms with Crippen molar-refractivity contribution < 1.29 is 18.0 Å². The lowest BCUT2D eigenvalue weighted by Gasteiger charge is -2.09. The van der Waals surface area contributed by atoms with Crippen LogP contribution in [-0.2, 0) is 17.4 Å². The number of amides is 1. The SMILES string of the molecule is O=C(Cc1ccccc1Br)Nc1ccc(C(F)(F)F)cc1. The molecule has 1 N–H and O–H groups in total. The second-order valence-electron chi connectivity index (χ2n) is 4.39. The number of hydrogen-bond donors (Lipinski definition) is 1. The molecule has 0 atom stereocenters. The van der Waals surface area contributed by atoms with Gasteiger partial charge in [0.05, 0.1) is 12.0 Å². The molecule has 110 valence electrons. The first-order valence-electron chi connectivity index (χ1n) is 6.07. The van der Waals surface area contributed by atoms with Crippen LogP contribution < -0.4 is 5.32 Å². The highest BCUT2D eigenvalue weighted by molar-refractivity contribution is 9.10. The predicted octanol–water partition coefficient (Wildman–Crippen LogP) is 4.65. The number of carbonyl (C=O) groups is 1. The Balaban J connectivity index is 2.02. The standard InChI is InChI=1S/C15H11BrF3NO/c16-13-4-2-1-3-10(13)9-14(21)20-12-7-5-11(6-8-12)15(17,18)19/h1-8H,9H2,(H,20,21). The van der Waals surface area contributed by atoms with E-state index in [4.69, 9.17) is 0 Å². The summed E-state index contributed by atoms with van der Waals surface area (Å²) in [5, 5.41) is 2.57. The van der Waals surface area contributed by atoms with Crippen LogP contribution >= 0.6 is 15.9 Å². The van der Waals surface area contributed by atoms with Crippen molar-refractivity contribution in [1.82, 2.24) is 0 Å². The van der Waals surface area contributed by atoms with Crippen LogP contribution in [0.15, 0.2) is 53.0 Å². The fourth-order valence-corrected chi connectivity index (χ4v) is 2.19. The molecule has 2 nitrogen and oxygen atoms in total. The molecule has 0 aromatic heterocycles. The first-order chi connectivity index (χ1) is 9.86. The summed E-state index contributed by atoms with van der Waals surface area (Å²) < 4.78 is 38.1. The Morgan fingerprint density at radius 1 is 1.05 bits per heavy atom. The van der Waals surface area contributed by atoms with Gasteiger partial charge in [-0.2, -0.15) is 13.2 Å². The molecule has 2 aromatic rings. The minimum atomic E-state index is -4.38. The Morgan fingerprint density at radius 3 is 2.24 bits per heavy atom. The lowest BCUT2D eigenvalue weighted by Crippen LogP contribution is -2.15. The quantitative estimate of drug-likeness (QED) is 0.850. The van der Waals surface area contributed by atoms with Crippen LogP contribution in [0, 0.1) is 0 Å². The van der Waals surface area contributed by atoms with E-state index in [9.17, 15) is 18.0 Å². The second kappa shape index (κ2) is 6.30. The molecule has 2 aromatic carbocycles. The van der Waals surface area contributed by atoms with E-state index in [1.54, 1.807) is 6.07 Å². The minimum Gasteiger partial charge on any atom is -0.326 e. The molecule has 6 heteroatoms. The maximum absolute atomic E-state index is 12.4. The summed E-state index contributed by atoms with van der Waals surface area (Å²) in [6.07, 6.45) is -4.24. The molecule has 0 heterocycles. The molecule has 0 spiro atoms. The average Bonchev–Trinajstić information content (AvgIpc) is 2.41. The number of hydrogen-bond acceptors (Lipinski definition) is 1. The third kappa shape index (κ3) is 4.32. The van der Waals surface area contributed by atoms with Crippen molar-refractivity contribution in [2.24, 2.45) is 0 Å². The predicted molar refractivity (Wildman–Crippen MR) is 77.9 cm³/mol. The monoisotopic (exact) mass is 357 g/mol. The van der Waals surface area contributed by atoms with Gasteiger partial charge in [-0.3, -0.25) is 4.79 Å². The molecule has 21 heavy (non-hydrogen) atoms. The number of benzene rings is 2. The van der Waals surface area contributed by atoms with Crippen molar-refractivity contribution in [3.63, 3.8) is 0 Å². The lowest BCUT2D eigenvalue weighted by molar-refractivity contribution is -0.137. The summed E-state index contributed by atoms with van der Waals surface area (Å²) in [6, 6.07) is 11.6. The molecule has 0 radical (unpaired) electrons. The Morgan fingerprint density at radius 2 is 1.67 bits per heavy atom. The first kappa shape index (κ1) is 15.6. The molecule has 0 aliphatic heterocycles. The Labute approximate surface area is 128 Å². The van der Waals surface area contributed by atoms with Gasteiger partial charge in [-0.25, -0.2) is 0 Å². The fourth-order valence-electron chi connectivity index (χ4n) is 1.76. The van der Waals surface area contributed by atoms with E-state index in [2.05, 4.69) is 21.2 Å². The van der Waals surface area contributed by atoms with Gasteiger partial charge in [0.25, 0.3) is 0 Å². The highest BCUT2D eigenvalue weighted by atomic mass is 79.9. The van der Waals surface area contributed by atoms with E-state index >= 15 is 0 Å². The zero-order valence-electron chi connectivity index (χ0n) is 10.7. The molecule has 0 unspecified atom stereocenters. The number of alkyl halides is 3. The van der Waals surface area contributed by atoms with Crippen molar-refractivity contribution in [3.05, 3.63) is 64.1 Å². The fraction of sp³-hybridized carbons (Fsp3) is 0.133. The van der Waals surface area contributed by atoms with E-state index in [1.165, 1.54) is 12.1 Å². The van der Waals surface area contributed by atoms with Gasteiger partial charge in [0.1, 0.15) is 0 Å². The molecule has 2 rings (SSSR count). The van der Waals surface area contributed by atoms with Crippen LogP contribution in [-0.4, -0.2) is 5.91 Å². The van der Waals surface area contributed by atoms with Crippen molar-refractivity contribution in [3.8, 4) is 0 Å². The summed E-state index contributed by atoms with van der Waals surface area (Å²) in [6.45, 7) is 0. The maximum atomic E-state index is 12.4. The molecule has 0 saturated heterocycles. The van der Waals surface area contributed by atoms with Crippen molar-refractivity contribution >= 4 is 27.5 Å². The summed E-state index contributed by atoms with van der Waals surface area (Å²) in [5.74, 6) is -0.290. The molecular weight excluding hydrogens is 347 g/mol. The maximum Gasteiger partial charge on any atom is 0.416 e. The molecular formula is C15H11BrF3NO. The summed E-state index contributed by atoms with van der Waals surface area (Å²) in [5.41, 5.74) is 0.397. The van der Waals surface area contributed by atoms with E-state index < -0.39 is 11.7 Å². The molecule has 0 saturated carbocycles. The van der Waals surface area contributed by atoms with Gasteiger partial charge >= 0.3 is 6.18 Å². The van der Waals surface area contributed by atoms with Crippen LogP contribution in [0.1, 0.15) is 11.1 Å². The number of halogens is 4. The van der Waals surface area contributed by atoms with Crippen LogP contribution in [0.25, 0.3) is 0 Å². The highest BCUT2D eigenvalue weighted by Gasteiger charge is 2.29. The average molecular weight is 358 g/mol. The van der Waals surface area contributed by atoms with Crippen LogP contribution in [0.2, 0.25) is 0 Å². The van der Waals surface area contributed by atoms with Crippen molar-refractivity contribution in [1.29, 1.82) is 0 Å². The Kier molecular flexibility index (Phi) is 4.67. The number of rotatable bonds is 3. The third-order valence-electron chi connectivity index (χ3n) is 2.80. The van der Waals surface area contributed by atoms with Gasteiger partial charge in [0, 0.05) is 10.2 Å². The highest BCUT2D eigenvalue weighted by Crippen LogP contribution is 2.29. The topological polar surface area (TPSA) is 29.1 Å². The number of nitrogens with one attached hydrogen (secondary N) is 1. The van der Waals surface area contributed by atoms with E-state index in [0.29, 0.717) is 5.69 Å². The number of anilines is 1. The van der Waals surface area contributed by atoms with Crippen LogP contribution in [0.3, 0.4) is 0 Å². The van der Waals surface area contributed by atoms with E-state index in [-0.39, 0.29) is 12.3 Å². The van der Waals surface area contributed by atoms with Crippen molar-refractivity contribution in [2.75, 3.05) is 5.32 Å². The van der Waals surface area contributed by atoms with Gasteiger partial charge < -0.3 is 5.32 Å². The molecule has 0 bridgehead atoms. The van der Waals surface area contributed by atoms with Crippen LogP contribution in [0.4, 0.5) is 18.9 Å².